The van der Waals surface area contributed by atoms with Gasteiger partial charge in [-0.05, 0) is 51.0 Å². The highest BCUT2D eigenvalue weighted by Gasteiger charge is 2.48. The van der Waals surface area contributed by atoms with Crippen molar-refractivity contribution in [2.75, 3.05) is 13.1 Å². The number of piperidine rings is 1. The molecule has 4 rings (SSSR count). The fourth-order valence-corrected chi connectivity index (χ4v) is 4.62. The van der Waals surface area contributed by atoms with E-state index in [1.54, 1.807) is 6.92 Å². The van der Waals surface area contributed by atoms with Crippen LogP contribution in [-0.4, -0.2) is 45.0 Å². The molecule has 5 nitrogen and oxygen atoms in total. The molecule has 1 unspecified atom stereocenters. The summed E-state index contributed by atoms with van der Waals surface area (Å²) in [5.41, 5.74) is 1.16. The quantitative estimate of drug-likeness (QED) is 0.821. The van der Waals surface area contributed by atoms with Gasteiger partial charge < -0.3 is 14.6 Å². The van der Waals surface area contributed by atoms with E-state index in [1.165, 1.54) is 0 Å². The van der Waals surface area contributed by atoms with Gasteiger partial charge in [-0.15, -0.1) is 0 Å². The molecule has 1 aromatic heterocycles. The number of para-hydroxylation sites is 1. The first-order valence-corrected chi connectivity index (χ1v) is 10.1. The van der Waals surface area contributed by atoms with Crippen LogP contribution < -0.4 is 0 Å². The van der Waals surface area contributed by atoms with Gasteiger partial charge in [-0.25, -0.2) is 0 Å². The second-order valence-corrected chi connectivity index (χ2v) is 8.15. The number of carbonyl (C=O) groups is 2. The normalized spacial score (nSPS) is 20.6. The van der Waals surface area contributed by atoms with Crippen molar-refractivity contribution < 1.29 is 14.7 Å². The Kier molecular flexibility index (Phi) is 4.58. The maximum absolute atomic E-state index is 13.3. The van der Waals surface area contributed by atoms with Gasteiger partial charge in [0.15, 0.2) is 5.78 Å². The van der Waals surface area contributed by atoms with Crippen LogP contribution >= 0.6 is 0 Å². The summed E-state index contributed by atoms with van der Waals surface area (Å²) in [6.45, 7) is 5.01. The van der Waals surface area contributed by atoms with Crippen molar-refractivity contribution in [1.29, 1.82) is 0 Å². The van der Waals surface area contributed by atoms with E-state index in [1.807, 2.05) is 46.9 Å². The van der Waals surface area contributed by atoms with Crippen LogP contribution in [0.3, 0.4) is 0 Å². The molecular weight excluding hydrogens is 340 g/mol. The number of rotatable bonds is 5. The molecule has 144 valence electrons. The third kappa shape index (κ3) is 3.18. The lowest BCUT2D eigenvalue weighted by Crippen LogP contribution is -2.44. The number of aromatic nitrogens is 1. The summed E-state index contributed by atoms with van der Waals surface area (Å²) in [6.07, 6.45) is 6.10. The highest BCUT2D eigenvalue weighted by molar-refractivity contribution is 6.07. The molecule has 1 aliphatic carbocycles. The molecule has 0 bridgehead atoms. The molecule has 1 saturated carbocycles. The third-order valence-electron chi connectivity index (χ3n) is 6.46. The molecule has 27 heavy (non-hydrogen) atoms. The Morgan fingerprint density at radius 3 is 2.48 bits per heavy atom. The van der Waals surface area contributed by atoms with E-state index in [4.69, 9.17) is 0 Å². The van der Waals surface area contributed by atoms with Gasteiger partial charge >= 0.3 is 0 Å². The number of hydrogen-bond acceptors (Lipinski definition) is 3. The Labute approximate surface area is 160 Å². The fraction of sp³-hybridized carbons (Fsp3) is 0.545. The SMILES string of the molecule is CCC(C(=O)N1CCC(C2(O)CC2)CC1)n1cc(C(C)=O)c2ccccc21. The summed E-state index contributed by atoms with van der Waals surface area (Å²) in [7, 11) is 0. The first kappa shape index (κ1) is 18.2. The minimum atomic E-state index is -0.452. The Balaban J connectivity index is 1.58. The van der Waals surface area contributed by atoms with Crippen LogP contribution in [0, 0.1) is 5.92 Å². The molecule has 5 heteroatoms. The summed E-state index contributed by atoms with van der Waals surface area (Å²) in [6, 6.07) is 7.49. The number of amides is 1. The molecule has 2 fully saturated rings. The van der Waals surface area contributed by atoms with Gasteiger partial charge in [-0.2, -0.15) is 0 Å². The summed E-state index contributed by atoms with van der Waals surface area (Å²) < 4.78 is 1.98. The molecule has 1 aromatic carbocycles. The minimum Gasteiger partial charge on any atom is -0.390 e. The fourth-order valence-electron chi connectivity index (χ4n) is 4.62. The van der Waals surface area contributed by atoms with Gasteiger partial charge in [0.25, 0.3) is 0 Å². The standard InChI is InChI=1S/C22H28N2O3/c1-3-19(21(26)23-12-8-16(9-13-23)22(27)10-11-22)24-14-18(15(2)25)17-6-4-5-7-20(17)24/h4-7,14,16,19,27H,3,8-13H2,1-2H3. The molecule has 1 aliphatic heterocycles. The predicted molar refractivity (Wildman–Crippen MR) is 105 cm³/mol. The smallest absolute Gasteiger partial charge is 0.245 e. The number of hydrogen-bond donors (Lipinski definition) is 1. The van der Waals surface area contributed by atoms with Crippen molar-refractivity contribution in [3.63, 3.8) is 0 Å². The van der Waals surface area contributed by atoms with Crippen LogP contribution in [0.5, 0.6) is 0 Å². The molecule has 1 amide bonds. The highest BCUT2D eigenvalue weighted by atomic mass is 16.3. The van der Waals surface area contributed by atoms with Crippen molar-refractivity contribution >= 4 is 22.6 Å². The topological polar surface area (TPSA) is 62.5 Å². The first-order valence-electron chi connectivity index (χ1n) is 10.1. The van der Waals surface area contributed by atoms with Crippen LogP contribution in [0.4, 0.5) is 0 Å². The largest absolute Gasteiger partial charge is 0.390 e. The number of Topliss-reactive ketones (excluding diaryl/α,β-unsaturated/α-hetero) is 1. The van der Waals surface area contributed by atoms with Crippen LogP contribution in [-0.2, 0) is 4.79 Å². The van der Waals surface area contributed by atoms with Crippen molar-refractivity contribution in [2.45, 2.75) is 57.6 Å². The number of ketones is 1. The Morgan fingerprint density at radius 1 is 1.22 bits per heavy atom. The average molecular weight is 368 g/mol. The van der Waals surface area contributed by atoms with E-state index in [2.05, 4.69) is 0 Å². The van der Waals surface area contributed by atoms with Gasteiger partial charge in [-0.3, -0.25) is 9.59 Å². The molecule has 2 heterocycles. The molecule has 0 radical (unpaired) electrons. The predicted octanol–water partition coefficient (Wildman–Crippen LogP) is 3.56. The van der Waals surface area contributed by atoms with E-state index in [9.17, 15) is 14.7 Å². The highest BCUT2D eigenvalue weighted by Crippen LogP contribution is 2.46. The van der Waals surface area contributed by atoms with Crippen molar-refractivity contribution in [2.24, 2.45) is 5.92 Å². The number of fused-ring (bicyclic) bond motifs is 1. The second kappa shape index (κ2) is 6.79. The molecule has 2 aliphatic rings. The van der Waals surface area contributed by atoms with Gasteiger partial charge in [-0.1, -0.05) is 25.1 Å². The Morgan fingerprint density at radius 2 is 1.89 bits per heavy atom. The van der Waals surface area contributed by atoms with Crippen molar-refractivity contribution in [3.05, 3.63) is 36.0 Å². The number of aliphatic hydroxyl groups is 1. The molecule has 2 aromatic rings. The summed E-state index contributed by atoms with van der Waals surface area (Å²) in [5, 5.41) is 11.3. The van der Waals surface area contributed by atoms with Gasteiger partial charge in [0.1, 0.15) is 6.04 Å². The van der Waals surface area contributed by atoms with Crippen LogP contribution in [0.1, 0.15) is 62.4 Å². The lowest BCUT2D eigenvalue weighted by atomic mass is 9.89. The number of likely N-dealkylation sites (tertiary alicyclic amines) is 1. The monoisotopic (exact) mass is 368 g/mol. The van der Waals surface area contributed by atoms with E-state index in [0.717, 1.165) is 36.6 Å². The molecule has 0 spiro atoms. The maximum atomic E-state index is 13.3. The summed E-state index contributed by atoms with van der Waals surface area (Å²) in [5.74, 6) is 0.471. The first-order chi connectivity index (χ1) is 12.9. The van der Waals surface area contributed by atoms with Gasteiger partial charge in [0.05, 0.1) is 5.60 Å². The van der Waals surface area contributed by atoms with Crippen LogP contribution in [0.15, 0.2) is 30.5 Å². The Hall–Kier alpha value is -2.14. The molecule has 1 N–H and O–H groups in total. The number of nitrogens with zero attached hydrogens (tertiary/aromatic N) is 2. The minimum absolute atomic E-state index is 0.0192. The molecule has 1 atom stereocenters. The van der Waals surface area contributed by atoms with E-state index in [-0.39, 0.29) is 17.7 Å². The third-order valence-corrected chi connectivity index (χ3v) is 6.46. The van der Waals surface area contributed by atoms with Gasteiger partial charge in [0, 0.05) is 35.8 Å². The second-order valence-electron chi connectivity index (χ2n) is 8.15. The maximum Gasteiger partial charge on any atom is 0.245 e. The number of carbonyl (C=O) groups excluding carboxylic acids is 2. The molecule has 1 saturated heterocycles. The van der Waals surface area contributed by atoms with Crippen LogP contribution in [0.2, 0.25) is 0 Å². The zero-order valence-corrected chi connectivity index (χ0v) is 16.1. The summed E-state index contributed by atoms with van der Waals surface area (Å²) in [4.78, 5) is 27.3. The van der Waals surface area contributed by atoms with E-state index in [0.29, 0.717) is 31.0 Å². The lowest BCUT2D eigenvalue weighted by molar-refractivity contribution is -0.137. The molecular formula is C22H28N2O3. The zero-order chi connectivity index (χ0) is 19.2. The van der Waals surface area contributed by atoms with E-state index >= 15 is 0 Å². The Bertz CT molecular complexity index is 873. The van der Waals surface area contributed by atoms with Crippen molar-refractivity contribution in [1.82, 2.24) is 9.47 Å². The van der Waals surface area contributed by atoms with Crippen molar-refractivity contribution in [3.8, 4) is 0 Å². The van der Waals surface area contributed by atoms with Gasteiger partial charge in [0.2, 0.25) is 5.91 Å². The number of benzene rings is 1. The average Bonchev–Trinajstić information content (AvgIpc) is 3.32. The van der Waals surface area contributed by atoms with E-state index < -0.39 is 5.60 Å². The zero-order valence-electron chi connectivity index (χ0n) is 16.1. The summed E-state index contributed by atoms with van der Waals surface area (Å²) >= 11 is 0. The lowest BCUT2D eigenvalue weighted by Gasteiger charge is -2.36. The van der Waals surface area contributed by atoms with Crippen LogP contribution in [0.25, 0.3) is 10.9 Å².